The number of nitrogens with zero attached hydrogens (tertiary/aromatic N) is 2. The molecule has 0 saturated heterocycles. The van der Waals surface area contributed by atoms with Crippen LogP contribution in [0.4, 0.5) is 4.39 Å². The molecule has 0 atom stereocenters. The van der Waals surface area contributed by atoms with Crippen LogP contribution >= 0.6 is 0 Å². The van der Waals surface area contributed by atoms with Crippen LogP contribution in [0.3, 0.4) is 0 Å². The van der Waals surface area contributed by atoms with Gasteiger partial charge in [-0.3, -0.25) is 0 Å². The molecule has 164 valence electrons. The van der Waals surface area contributed by atoms with Crippen LogP contribution in [0.2, 0.25) is 0 Å². The van der Waals surface area contributed by atoms with E-state index in [1.807, 2.05) is 60.7 Å². The van der Waals surface area contributed by atoms with Crippen molar-refractivity contribution in [3.8, 4) is 33.9 Å². The number of H-pyrrole nitrogens is 1. The van der Waals surface area contributed by atoms with Gasteiger partial charge in [0.25, 0.3) is 0 Å². The second-order valence-corrected chi connectivity index (χ2v) is 8.32. The molecule has 0 bridgehead atoms. The van der Waals surface area contributed by atoms with Gasteiger partial charge in [-0.25, -0.2) is 9.37 Å². The summed E-state index contributed by atoms with van der Waals surface area (Å²) in [6.45, 7) is 0.449. The summed E-state index contributed by atoms with van der Waals surface area (Å²) in [4.78, 5) is 8.67. The summed E-state index contributed by atoms with van der Waals surface area (Å²) in [6.07, 6.45) is 2.07. The maximum atomic E-state index is 14.4. The van der Waals surface area contributed by atoms with Crippen LogP contribution in [0.25, 0.3) is 44.8 Å². The lowest BCUT2D eigenvalue weighted by atomic mass is 10.1. The summed E-state index contributed by atoms with van der Waals surface area (Å²) in [5, 5.41) is 1.08. The van der Waals surface area contributed by atoms with Gasteiger partial charge in [0.1, 0.15) is 11.6 Å². The summed E-state index contributed by atoms with van der Waals surface area (Å²) in [5.74, 6) is 0.596. The monoisotopic (exact) mass is 443 g/mol. The van der Waals surface area contributed by atoms with Crippen molar-refractivity contribution >= 4 is 10.9 Å². The van der Waals surface area contributed by atoms with Gasteiger partial charge < -0.3 is 9.55 Å². The van der Waals surface area contributed by atoms with E-state index in [-0.39, 0.29) is 5.82 Å². The quantitative estimate of drug-likeness (QED) is 0.293. The number of para-hydroxylation sites is 1. The first-order valence-electron chi connectivity index (χ1n) is 11.3. The van der Waals surface area contributed by atoms with Gasteiger partial charge in [0, 0.05) is 39.4 Å². The maximum absolute atomic E-state index is 14.4. The summed E-state index contributed by atoms with van der Waals surface area (Å²) < 4.78 is 16.5. The van der Waals surface area contributed by atoms with Crippen molar-refractivity contribution in [2.45, 2.75) is 6.54 Å². The first kappa shape index (κ1) is 20.2. The van der Waals surface area contributed by atoms with Crippen molar-refractivity contribution in [3.63, 3.8) is 0 Å². The lowest BCUT2D eigenvalue weighted by Gasteiger charge is -2.06. The fourth-order valence-electron chi connectivity index (χ4n) is 4.50. The number of rotatable bonds is 5. The Kier molecular flexibility index (Phi) is 5.04. The minimum Gasteiger partial charge on any atom is -0.342 e. The fourth-order valence-corrected chi connectivity index (χ4v) is 4.50. The molecule has 6 rings (SSSR count). The van der Waals surface area contributed by atoms with Crippen LogP contribution in [0.15, 0.2) is 115 Å². The molecule has 0 aliphatic heterocycles. The molecule has 1 N–H and O–H groups in total. The highest BCUT2D eigenvalue weighted by Gasteiger charge is 2.19. The van der Waals surface area contributed by atoms with Crippen LogP contribution in [-0.4, -0.2) is 14.5 Å². The molecule has 0 fully saturated rings. The van der Waals surface area contributed by atoms with Gasteiger partial charge in [-0.2, -0.15) is 0 Å². The van der Waals surface area contributed by atoms with Gasteiger partial charge in [-0.05, 0) is 12.1 Å². The molecule has 0 aliphatic carbocycles. The van der Waals surface area contributed by atoms with E-state index in [1.165, 1.54) is 6.07 Å². The third-order valence-corrected chi connectivity index (χ3v) is 6.16. The second kappa shape index (κ2) is 8.49. The zero-order valence-electron chi connectivity index (χ0n) is 18.4. The van der Waals surface area contributed by atoms with Gasteiger partial charge in [-0.15, -0.1) is 0 Å². The Labute approximate surface area is 197 Å². The standard InChI is InChI=1S/C30H22FN3/c31-26-17-9-7-15-23(26)19-34-20-25(24-16-8-10-18-27(24)34)30-32-28(21-11-3-1-4-12-21)29(33-30)22-13-5-2-6-14-22/h1-18,20H,19H2,(H,32,33). The van der Waals surface area contributed by atoms with Crippen LogP contribution in [0.5, 0.6) is 0 Å². The largest absolute Gasteiger partial charge is 0.342 e. The van der Waals surface area contributed by atoms with Crippen LogP contribution < -0.4 is 0 Å². The average molecular weight is 444 g/mol. The van der Waals surface area contributed by atoms with Crippen molar-refractivity contribution in [1.29, 1.82) is 0 Å². The maximum Gasteiger partial charge on any atom is 0.140 e. The predicted molar refractivity (Wildman–Crippen MR) is 136 cm³/mol. The molecular formula is C30H22FN3. The molecule has 0 radical (unpaired) electrons. The number of aromatic amines is 1. The average Bonchev–Trinajstić information content (AvgIpc) is 3.49. The van der Waals surface area contributed by atoms with Crippen molar-refractivity contribution in [2.24, 2.45) is 0 Å². The number of hydrogen-bond acceptors (Lipinski definition) is 1. The molecule has 34 heavy (non-hydrogen) atoms. The highest BCUT2D eigenvalue weighted by molar-refractivity contribution is 5.95. The van der Waals surface area contributed by atoms with E-state index in [1.54, 1.807) is 6.07 Å². The Morgan fingerprint density at radius 1 is 0.706 bits per heavy atom. The Bertz CT molecular complexity index is 1520. The molecular weight excluding hydrogens is 421 g/mol. The van der Waals surface area contributed by atoms with E-state index in [0.717, 1.165) is 44.8 Å². The van der Waals surface area contributed by atoms with Crippen molar-refractivity contribution in [1.82, 2.24) is 14.5 Å². The number of benzene rings is 4. The molecule has 3 nitrogen and oxygen atoms in total. The van der Waals surface area contributed by atoms with E-state index in [9.17, 15) is 4.39 Å². The number of hydrogen-bond donors (Lipinski definition) is 1. The van der Waals surface area contributed by atoms with Gasteiger partial charge in [0.05, 0.1) is 17.9 Å². The number of aromatic nitrogens is 3. The van der Waals surface area contributed by atoms with Crippen LogP contribution in [0.1, 0.15) is 5.56 Å². The molecule has 2 heterocycles. The van der Waals surface area contributed by atoms with Crippen LogP contribution in [0, 0.1) is 5.82 Å². The van der Waals surface area contributed by atoms with Crippen molar-refractivity contribution < 1.29 is 4.39 Å². The second-order valence-electron chi connectivity index (χ2n) is 8.32. The lowest BCUT2D eigenvalue weighted by Crippen LogP contribution is -2.00. The molecule has 6 aromatic rings. The number of halogens is 1. The Balaban J connectivity index is 1.53. The number of fused-ring (bicyclic) bond motifs is 1. The third-order valence-electron chi connectivity index (χ3n) is 6.16. The zero-order valence-corrected chi connectivity index (χ0v) is 18.4. The van der Waals surface area contributed by atoms with E-state index < -0.39 is 0 Å². The van der Waals surface area contributed by atoms with E-state index in [2.05, 4.69) is 52.1 Å². The highest BCUT2D eigenvalue weighted by atomic mass is 19.1. The minimum absolute atomic E-state index is 0.197. The van der Waals surface area contributed by atoms with E-state index >= 15 is 0 Å². The molecule has 2 aromatic heterocycles. The molecule has 0 saturated carbocycles. The Morgan fingerprint density at radius 3 is 2.12 bits per heavy atom. The molecule has 0 unspecified atom stereocenters. The SMILES string of the molecule is Fc1ccccc1Cn1cc(-c2nc(-c3ccccc3)c(-c3ccccc3)[nH]2)c2ccccc21. The highest BCUT2D eigenvalue weighted by Crippen LogP contribution is 2.36. The van der Waals surface area contributed by atoms with Crippen molar-refractivity contribution in [3.05, 3.63) is 127 Å². The number of nitrogens with one attached hydrogen (secondary N) is 1. The summed E-state index contributed by atoms with van der Waals surface area (Å²) in [7, 11) is 0. The molecule has 0 aliphatic rings. The van der Waals surface area contributed by atoms with Crippen molar-refractivity contribution in [2.75, 3.05) is 0 Å². The van der Waals surface area contributed by atoms with Gasteiger partial charge in [0.2, 0.25) is 0 Å². The summed E-state index contributed by atoms with van der Waals surface area (Å²) >= 11 is 0. The minimum atomic E-state index is -0.197. The zero-order chi connectivity index (χ0) is 22.9. The lowest BCUT2D eigenvalue weighted by molar-refractivity contribution is 0.602. The predicted octanol–water partition coefficient (Wildman–Crippen LogP) is 7.55. The molecule has 4 heteroatoms. The normalized spacial score (nSPS) is 11.2. The molecule has 0 amide bonds. The Morgan fingerprint density at radius 2 is 1.35 bits per heavy atom. The summed E-state index contributed by atoms with van der Waals surface area (Å²) in [6, 6.07) is 35.6. The summed E-state index contributed by atoms with van der Waals surface area (Å²) in [5.41, 5.74) is 6.71. The molecule has 4 aromatic carbocycles. The Hall–Kier alpha value is -4.44. The van der Waals surface area contributed by atoms with E-state index in [4.69, 9.17) is 4.98 Å². The first-order chi connectivity index (χ1) is 16.8. The van der Waals surface area contributed by atoms with E-state index in [0.29, 0.717) is 12.1 Å². The molecule has 0 spiro atoms. The third kappa shape index (κ3) is 3.59. The smallest absolute Gasteiger partial charge is 0.140 e. The van der Waals surface area contributed by atoms with Gasteiger partial charge >= 0.3 is 0 Å². The fraction of sp³-hybridized carbons (Fsp3) is 0.0333. The number of imidazole rings is 1. The van der Waals surface area contributed by atoms with Crippen LogP contribution in [-0.2, 0) is 6.54 Å². The van der Waals surface area contributed by atoms with Gasteiger partial charge in [-0.1, -0.05) is 97.1 Å². The topological polar surface area (TPSA) is 33.6 Å². The van der Waals surface area contributed by atoms with Gasteiger partial charge in [0.15, 0.2) is 0 Å². The first-order valence-corrected chi connectivity index (χ1v) is 11.3.